The summed E-state index contributed by atoms with van der Waals surface area (Å²) in [5.41, 5.74) is 2.07. The number of hydrogen-bond acceptors (Lipinski definition) is 3. The Morgan fingerprint density at radius 3 is 2.43 bits per heavy atom. The number of aliphatic hydroxyl groups excluding tert-OH is 1. The van der Waals surface area contributed by atoms with Crippen LogP contribution in [0.15, 0.2) is 30.3 Å². The highest BCUT2D eigenvalue weighted by atomic mass is 16.5. The molecule has 0 aliphatic heterocycles. The summed E-state index contributed by atoms with van der Waals surface area (Å²) in [5, 5.41) is 12.3. The van der Waals surface area contributed by atoms with E-state index in [0.717, 1.165) is 49.0 Å². The van der Waals surface area contributed by atoms with Crippen molar-refractivity contribution < 1.29 is 14.6 Å². The predicted octanol–water partition coefficient (Wildman–Crippen LogP) is 3.16. The van der Waals surface area contributed by atoms with Crippen LogP contribution < -0.4 is 10.1 Å². The summed E-state index contributed by atoms with van der Waals surface area (Å²) in [7, 11) is 1.64. The Bertz CT molecular complexity index is 528. The van der Waals surface area contributed by atoms with Gasteiger partial charge in [0.1, 0.15) is 5.75 Å². The highest BCUT2D eigenvalue weighted by Crippen LogP contribution is 2.24. The number of carbonyl (C=O) groups is 1. The number of ether oxygens (including phenoxy) is 1. The molecule has 2 N–H and O–H groups in total. The van der Waals surface area contributed by atoms with Crippen molar-refractivity contribution in [3.05, 3.63) is 35.9 Å². The van der Waals surface area contributed by atoms with Gasteiger partial charge in [-0.25, -0.2) is 0 Å². The van der Waals surface area contributed by atoms with Crippen LogP contribution in [-0.2, 0) is 4.79 Å². The van der Waals surface area contributed by atoms with Gasteiger partial charge in [0.05, 0.1) is 7.11 Å². The summed E-state index contributed by atoms with van der Waals surface area (Å²) in [6.07, 6.45) is 6.40. The Hall–Kier alpha value is -1.81. The quantitative estimate of drug-likeness (QED) is 0.792. The smallest absolute Gasteiger partial charge is 0.244 e. The van der Waals surface area contributed by atoms with Crippen molar-refractivity contribution in [1.82, 2.24) is 5.32 Å². The van der Waals surface area contributed by atoms with E-state index in [1.165, 1.54) is 0 Å². The zero-order valence-corrected chi connectivity index (χ0v) is 14.0. The van der Waals surface area contributed by atoms with Gasteiger partial charge < -0.3 is 15.2 Å². The van der Waals surface area contributed by atoms with Crippen LogP contribution in [0.2, 0.25) is 0 Å². The molecule has 126 valence electrons. The minimum absolute atomic E-state index is 0.0230. The molecule has 0 unspecified atom stereocenters. The third-order valence-electron chi connectivity index (χ3n) is 4.60. The van der Waals surface area contributed by atoms with Crippen LogP contribution in [0.3, 0.4) is 0 Å². The van der Waals surface area contributed by atoms with Crippen molar-refractivity contribution in [2.45, 2.75) is 45.1 Å². The number of benzene rings is 1. The van der Waals surface area contributed by atoms with Gasteiger partial charge in [-0.05, 0) is 61.3 Å². The molecule has 1 aliphatic carbocycles. The van der Waals surface area contributed by atoms with Crippen LogP contribution in [0.1, 0.15) is 44.6 Å². The summed E-state index contributed by atoms with van der Waals surface area (Å²) in [5.74, 6) is 1.20. The zero-order chi connectivity index (χ0) is 16.7. The predicted molar refractivity (Wildman–Crippen MR) is 92.2 cm³/mol. The number of amides is 1. The molecule has 1 fully saturated rings. The molecule has 1 saturated carbocycles. The van der Waals surface area contributed by atoms with Crippen LogP contribution in [0.5, 0.6) is 5.75 Å². The highest BCUT2D eigenvalue weighted by molar-refractivity contribution is 5.95. The number of allylic oxidation sites excluding steroid dienone is 1. The number of hydrogen-bond donors (Lipinski definition) is 2. The summed E-state index contributed by atoms with van der Waals surface area (Å²) in [4.78, 5) is 12.3. The normalized spacial score (nSPS) is 21.8. The fraction of sp³-hybridized carbons (Fsp3) is 0.526. The monoisotopic (exact) mass is 317 g/mol. The van der Waals surface area contributed by atoms with Gasteiger partial charge in [0.2, 0.25) is 5.91 Å². The molecule has 0 spiro atoms. The number of aliphatic hydroxyl groups is 1. The molecule has 0 bridgehead atoms. The van der Waals surface area contributed by atoms with Gasteiger partial charge in [0.15, 0.2) is 0 Å². The summed E-state index contributed by atoms with van der Waals surface area (Å²) in [6, 6.07) is 8.01. The second kappa shape index (κ2) is 8.73. The van der Waals surface area contributed by atoms with Crippen LogP contribution in [0.4, 0.5) is 0 Å². The molecule has 1 aliphatic rings. The molecular formula is C19H27NO3. The van der Waals surface area contributed by atoms with E-state index < -0.39 is 0 Å². The Balaban J connectivity index is 1.95. The Kier molecular flexibility index (Phi) is 6.66. The maximum absolute atomic E-state index is 12.3. The van der Waals surface area contributed by atoms with Crippen molar-refractivity contribution in [2.75, 3.05) is 13.7 Å². The molecule has 1 aromatic carbocycles. The van der Waals surface area contributed by atoms with E-state index in [0.29, 0.717) is 5.92 Å². The number of nitrogens with one attached hydrogen (secondary N) is 1. The molecule has 4 nitrogen and oxygen atoms in total. The maximum Gasteiger partial charge on any atom is 0.244 e. The molecule has 4 heteroatoms. The van der Waals surface area contributed by atoms with E-state index in [-0.39, 0.29) is 18.6 Å². The largest absolute Gasteiger partial charge is 0.497 e. The van der Waals surface area contributed by atoms with Crippen LogP contribution >= 0.6 is 0 Å². The SMILES string of the molecule is CC/C(=C/C(=O)NC1CCC(CO)CC1)c1ccc(OC)cc1. The first kappa shape index (κ1) is 17.5. The van der Waals surface area contributed by atoms with E-state index in [1.54, 1.807) is 13.2 Å². The van der Waals surface area contributed by atoms with Gasteiger partial charge in [-0.1, -0.05) is 19.1 Å². The van der Waals surface area contributed by atoms with Crippen LogP contribution in [-0.4, -0.2) is 30.8 Å². The average Bonchev–Trinajstić information content (AvgIpc) is 2.60. The van der Waals surface area contributed by atoms with Gasteiger partial charge in [0.25, 0.3) is 0 Å². The second-order valence-electron chi connectivity index (χ2n) is 6.16. The van der Waals surface area contributed by atoms with Gasteiger partial charge in [0, 0.05) is 18.7 Å². The molecule has 0 heterocycles. The number of methoxy groups -OCH3 is 1. The summed E-state index contributed by atoms with van der Waals surface area (Å²) >= 11 is 0. The Morgan fingerprint density at radius 1 is 1.26 bits per heavy atom. The molecule has 0 saturated heterocycles. The van der Waals surface area contributed by atoms with E-state index >= 15 is 0 Å². The van der Waals surface area contributed by atoms with E-state index in [2.05, 4.69) is 12.2 Å². The second-order valence-corrected chi connectivity index (χ2v) is 6.16. The number of carbonyl (C=O) groups excluding carboxylic acids is 1. The minimum Gasteiger partial charge on any atom is -0.497 e. The van der Waals surface area contributed by atoms with E-state index in [1.807, 2.05) is 24.3 Å². The molecule has 0 radical (unpaired) electrons. The van der Waals surface area contributed by atoms with Gasteiger partial charge in [-0.15, -0.1) is 0 Å². The first-order valence-electron chi connectivity index (χ1n) is 8.42. The Labute approximate surface area is 138 Å². The lowest BCUT2D eigenvalue weighted by Crippen LogP contribution is -2.37. The summed E-state index contributed by atoms with van der Waals surface area (Å²) < 4.78 is 5.17. The lowest BCUT2D eigenvalue weighted by Gasteiger charge is -2.27. The first-order chi connectivity index (χ1) is 11.2. The summed E-state index contributed by atoms with van der Waals surface area (Å²) in [6.45, 7) is 2.31. The van der Waals surface area contributed by atoms with Gasteiger partial charge >= 0.3 is 0 Å². The maximum atomic E-state index is 12.3. The fourth-order valence-electron chi connectivity index (χ4n) is 3.09. The molecular weight excluding hydrogens is 290 g/mol. The standard InChI is InChI=1S/C19H27NO3/c1-3-15(16-6-10-18(23-2)11-7-16)12-19(22)20-17-8-4-14(13-21)5-9-17/h6-7,10-12,14,17,21H,3-5,8-9,13H2,1-2H3,(H,20,22)/b15-12-. The molecule has 1 aromatic rings. The van der Waals surface area contributed by atoms with Crippen molar-refractivity contribution in [1.29, 1.82) is 0 Å². The van der Waals surface area contributed by atoms with Gasteiger partial charge in [-0.2, -0.15) is 0 Å². The van der Waals surface area contributed by atoms with E-state index in [4.69, 9.17) is 9.84 Å². The van der Waals surface area contributed by atoms with Crippen LogP contribution in [0.25, 0.3) is 5.57 Å². The molecule has 0 aromatic heterocycles. The zero-order valence-electron chi connectivity index (χ0n) is 14.0. The lowest BCUT2D eigenvalue weighted by atomic mass is 9.86. The molecule has 23 heavy (non-hydrogen) atoms. The van der Waals surface area contributed by atoms with Crippen LogP contribution in [0, 0.1) is 5.92 Å². The third kappa shape index (κ3) is 5.10. The first-order valence-corrected chi connectivity index (χ1v) is 8.42. The third-order valence-corrected chi connectivity index (χ3v) is 4.60. The number of rotatable bonds is 6. The van der Waals surface area contributed by atoms with Gasteiger partial charge in [-0.3, -0.25) is 4.79 Å². The van der Waals surface area contributed by atoms with Crippen molar-refractivity contribution in [2.24, 2.45) is 5.92 Å². The minimum atomic E-state index is -0.0230. The molecule has 1 amide bonds. The lowest BCUT2D eigenvalue weighted by molar-refractivity contribution is -0.117. The molecule has 2 rings (SSSR count). The average molecular weight is 317 g/mol. The fourth-order valence-corrected chi connectivity index (χ4v) is 3.09. The van der Waals surface area contributed by atoms with Crippen molar-refractivity contribution >= 4 is 11.5 Å². The highest BCUT2D eigenvalue weighted by Gasteiger charge is 2.21. The van der Waals surface area contributed by atoms with Crippen molar-refractivity contribution in [3.8, 4) is 5.75 Å². The van der Waals surface area contributed by atoms with Crippen molar-refractivity contribution in [3.63, 3.8) is 0 Å². The van der Waals surface area contributed by atoms with E-state index in [9.17, 15) is 4.79 Å². The topological polar surface area (TPSA) is 58.6 Å². The Morgan fingerprint density at radius 2 is 1.91 bits per heavy atom. The molecule has 0 atom stereocenters.